The van der Waals surface area contributed by atoms with E-state index in [0.717, 1.165) is 33.9 Å². The number of aromatic nitrogens is 4. The van der Waals surface area contributed by atoms with Gasteiger partial charge in [-0.2, -0.15) is 4.80 Å². The molecule has 0 bridgehead atoms. The molecule has 0 spiro atoms. The van der Waals surface area contributed by atoms with Gasteiger partial charge < -0.3 is 21.1 Å². The average Bonchev–Trinajstić information content (AvgIpc) is 3.39. The Morgan fingerprint density at radius 1 is 1.00 bits per heavy atom. The van der Waals surface area contributed by atoms with Crippen LogP contribution in [0.2, 0.25) is 10.0 Å². The SMILES string of the molecule is CC(NC(=O)CNC(=O)SCc1ccccc1)C(=O)NC(CC(=O)O)C(=O)Cn1nnc(Sc2c(Cl)cccc2Cl)n1. The van der Waals surface area contributed by atoms with Gasteiger partial charge in [0.25, 0.3) is 5.24 Å². The first-order valence-corrected chi connectivity index (χ1v) is 14.8. The van der Waals surface area contributed by atoms with Crippen LogP contribution in [-0.2, 0) is 31.5 Å². The van der Waals surface area contributed by atoms with Crippen molar-refractivity contribution in [1.29, 1.82) is 0 Å². The van der Waals surface area contributed by atoms with E-state index in [1.165, 1.54) is 6.92 Å². The maximum absolute atomic E-state index is 12.9. The van der Waals surface area contributed by atoms with Crippen molar-refractivity contribution in [2.45, 2.75) is 47.8 Å². The van der Waals surface area contributed by atoms with E-state index >= 15 is 0 Å². The molecule has 4 N–H and O–H groups in total. The molecule has 0 saturated heterocycles. The predicted octanol–water partition coefficient (Wildman–Crippen LogP) is 2.81. The van der Waals surface area contributed by atoms with Crippen molar-refractivity contribution in [3.63, 3.8) is 0 Å². The van der Waals surface area contributed by atoms with E-state index in [2.05, 4.69) is 31.4 Å². The Balaban J connectivity index is 1.49. The molecule has 1 aromatic heterocycles. The van der Waals surface area contributed by atoms with E-state index < -0.39 is 53.9 Å². The number of hydrogen-bond acceptors (Lipinski definition) is 10. The van der Waals surface area contributed by atoms with Gasteiger partial charge in [0.2, 0.25) is 17.0 Å². The third kappa shape index (κ3) is 10.6. The summed E-state index contributed by atoms with van der Waals surface area (Å²) in [7, 11) is 0. The number of carboxylic acids is 1. The van der Waals surface area contributed by atoms with Gasteiger partial charge >= 0.3 is 5.97 Å². The van der Waals surface area contributed by atoms with Crippen LogP contribution in [0.5, 0.6) is 0 Å². The molecule has 1 heterocycles. The van der Waals surface area contributed by atoms with E-state index in [0.29, 0.717) is 20.7 Å². The Kier molecular flexibility index (Phi) is 12.6. The van der Waals surface area contributed by atoms with Crippen molar-refractivity contribution in [3.05, 3.63) is 64.1 Å². The molecule has 13 nitrogen and oxygen atoms in total. The number of ketones is 1. The third-order valence-corrected chi connectivity index (χ3v) is 8.03. The molecule has 2 unspecified atom stereocenters. The van der Waals surface area contributed by atoms with Crippen LogP contribution in [0.25, 0.3) is 0 Å². The fourth-order valence-corrected chi connectivity index (χ4v) is 5.28. The Morgan fingerprint density at radius 2 is 1.69 bits per heavy atom. The van der Waals surface area contributed by atoms with Crippen LogP contribution in [0.1, 0.15) is 18.9 Å². The van der Waals surface area contributed by atoms with E-state index in [4.69, 9.17) is 23.2 Å². The number of carbonyl (C=O) groups excluding carboxylic acids is 4. The highest BCUT2D eigenvalue weighted by atomic mass is 35.5. The predicted molar refractivity (Wildman–Crippen MR) is 156 cm³/mol. The highest BCUT2D eigenvalue weighted by Crippen LogP contribution is 2.36. The zero-order valence-corrected chi connectivity index (χ0v) is 25.1. The molecule has 0 saturated carbocycles. The number of hydrogen-bond donors (Lipinski definition) is 4. The van der Waals surface area contributed by atoms with Crippen molar-refractivity contribution in [2.75, 3.05) is 6.54 Å². The maximum atomic E-state index is 12.9. The lowest BCUT2D eigenvalue weighted by Gasteiger charge is -2.19. The highest BCUT2D eigenvalue weighted by Gasteiger charge is 2.27. The van der Waals surface area contributed by atoms with E-state index in [1.54, 1.807) is 18.2 Å². The van der Waals surface area contributed by atoms with Crippen molar-refractivity contribution in [2.24, 2.45) is 0 Å². The Hall–Kier alpha value is -3.66. The number of nitrogens with zero attached hydrogens (tertiary/aromatic N) is 4. The van der Waals surface area contributed by atoms with Gasteiger partial charge in [0.05, 0.1) is 27.9 Å². The summed E-state index contributed by atoms with van der Waals surface area (Å²) in [5.41, 5.74) is 0.943. The number of aliphatic carboxylic acids is 1. The number of thioether (sulfide) groups is 1. The van der Waals surface area contributed by atoms with Crippen LogP contribution in [0, 0.1) is 0 Å². The van der Waals surface area contributed by atoms with Crippen LogP contribution in [-0.4, -0.2) is 72.7 Å². The molecule has 2 aromatic carbocycles. The van der Waals surface area contributed by atoms with Gasteiger partial charge in [0.1, 0.15) is 18.6 Å². The lowest BCUT2D eigenvalue weighted by Crippen LogP contribution is -2.52. The summed E-state index contributed by atoms with van der Waals surface area (Å²) in [6.45, 7) is 0.479. The van der Waals surface area contributed by atoms with Crippen molar-refractivity contribution in [3.8, 4) is 0 Å². The number of carbonyl (C=O) groups is 5. The van der Waals surface area contributed by atoms with Gasteiger partial charge in [-0.3, -0.25) is 24.0 Å². The molecule has 2 atom stereocenters. The summed E-state index contributed by atoms with van der Waals surface area (Å²) in [5.74, 6) is -3.08. The molecule has 0 aliphatic rings. The average molecular weight is 655 g/mol. The maximum Gasteiger partial charge on any atom is 0.305 e. The Labute approximate surface area is 258 Å². The minimum atomic E-state index is -1.44. The second-order valence-corrected chi connectivity index (χ2v) is 11.3. The summed E-state index contributed by atoms with van der Waals surface area (Å²) in [5, 5.41) is 28.6. The van der Waals surface area contributed by atoms with Crippen LogP contribution in [0.15, 0.2) is 58.6 Å². The van der Waals surface area contributed by atoms with E-state index in [1.807, 2.05) is 30.3 Å². The van der Waals surface area contributed by atoms with Crippen molar-refractivity contribution < 1.29 is 29.1 Å². The molecule has 0 aliphatic carbocycles. The number of halogens is 2. The second kappa shape index (κ2) is 16.1. The fourth-order valence-electron chi connectivity index (χ4n) is 3.26. The van der Waals surface area contributed by atoms with Crippen molar-refractivity contribution >= 4 is 75.5 Å². The normalized spacial score (nSPS) is 12.2. The second-order valence-electron chi connectivity index (χ2n) is 8.59. The number of amides is 3. The Bertz CT molecular complexity index is 1420. The quantitative estimate of drug-likeness (QED) is 0.200. The summed E-state index contributed by atoms with van der Waals surface area (Å²) < 4.78 is 0. The van der Waals surface area contributed by atoms with Crippen molar-refractivity contribution in [1.82, 2.24) is 36.2 Å². The number of carboxylic acid groups (broad SMARTS) is 1. The number of rotatable bonds is 14. The first-order valence-electron chi connectivity index (χ1n) is 12.2. The summed E-state index contributed by atoms with van der Waals surface area (Å²) in [4.78, 5) is 62.5. The molecule has 3 aromatic rings. The molecule has 17 heteroatoms. The van der Waals surface area contributed by atoms with Gasteiger partial charge in [-0.15, -0.1) is 10.2 Å². The van der Waals surface area contributed by atoms with E-state index in [-0.39, 0.29) is 11.7 Å². The molecule has 0 aliphatic heterocycles. The van der Waals surface area contributed by atoms with Crippen LogP contribution in [0.4, 0.5) is 4.79 Å². The number of nitrogens with one attached hydrogen (secondary N) is 3. The molecule has 0 radical (unpaired) electrons. The van der Waals surface area contributed by atoms with Gasteiger partial charge in [0.15, 0.2) is 5.78 Å². The molecule has 3 rings (SSSR count). The lowest BCUT2D eigenvalue weighted by molar-refractivity contribution is -0.140. The van der Waals surface area contributed by atoms with Gasteiger partial charge in [-0.1, -0.05) is 71.4 Å². The topological polar surface area (TPSA) is 185 Å². The molecule has 42 heavy (non-hydrogen) atoms. The lowest BCUT2D eigenvalue weighted by atomic mass is 10.1. The first kappa shape index (κ1) is 32.8. The zero-order valence-electron chi connectivity index (χ0n) is 22.0. The minimum absolute atomic E-state index is 0.138. The Morgan fingerprint density at radius 3 is 2.36 bits per heavy atom. The molecule has 222 valence electrons. The highest BCUT2D eigenvalue weighted by molar-refractivity contribution is 8.12. The largest absolute Gasteiger partial charge is 0.481 e. The summed E-state index contributed by atoms with van der Waals surface area (Å²) in [6, 6.07) is 11.7. The van der Waals surface area contributed by atoms with Gasteiger partial charge in [-0.25, -0.2) is 0 Å². The fraction of sp³-hybridized carbons (Fsp3) is 0.280. The smallest absolute Gasteiger partial charge is 0.305 e. The zero-order chi connectivity index (χ0) is 30.6. The number of tetrazole rings is 1. The third-order valence-electron chi connectivity index (χ3n) is 5.30. The molecular formula is C25H25Cl2N7O6S2. The summed E-state index contributed by atoms with van der Waals surface area (Å²) >= 11 is 14.3. The first-order chi connectivity index (χ1) is 20.0. The number of benzene rings is 2. The monoisotopic (exact) mass is 653 g/mol. The molecule has 0 fully saturated rings. The standard InChI is InChI=1S/C25H25Cl2N7O6S2/c1-14(29-20(36)11-28-25(40)41-13-15-6-3-2-4-7-15)23(39)30-18(10-21(37)38)19(35)12-34-32-24(31-33-34)42-22-16(26)8-5-9-17(22)27/h2-9,14,18H,10-13H2,1H3,(H,28,40)(H,29,36)(H,30,39)(H,37,38). The van der Waals surface area contributed by atoms with Crippen LogP contribution in [0.3, 0.4) is 0 Å². The van der Waals surface area contributed by atoms with Crippen LogP contribution < -0.4 is 16.0 Å². The van der Waals surface area contributed by atoms with Gasteiger partial charge in [-0.05, 0) is 41.6 Å². The van der Waals surface area contributed by atoms with E-state index in [9.17, 15) is 29.1 Å². The number of Topliss-reactive ketones (excluding diaryl/α,β-unsaturated/α-hetero) is 1. The minimum Gasteiger partial charge on any atom is -0.481 e. The summed E-state index contributed by atoms with van der Waals surface area (Å²) in [6.07, 6.45) is -0.717. The molecule has 3 amide bonds. The van der Waals surface area contributed by atoms with Crippen LogP contribution >= 0.6 is 46.7 Å². The molecular weight excluding hydrogens is 629 g/mol. The van der Waals surface area contributed by atoms with Gasteiger partial charge in [0, 0.05) is 5.75 Å².